The second kappa shape index (κ2) is 11.4. The highest BCUT2D eigenvalue weighted by molar-refractivity contribution is 5.80. The van der Waals surface area contributed by atoms with E-state index < -0.39 is 17.9 Å². The molecule has 0 aromatic heterocycles. The van der Waals surface area contributed by atoms with E-state index in [1.165, 1.54) is 0 Å². The quantitative estimate of drug-likeness (QED) is 0.398. The molecule has 1 atom stereocenters. The number of primary amides is 1. The third kappa shape index (κ3) is 7.05. The number of nitrogens with two attached hydrogens (primary N) is 1. The summed E-state index contributed by atoms with van der Waals surface area (Å²) >= 11 is 0. The summed E-state index contributed by atoms with van der Waals surface area (Å²) in [7, 11) is 0. The summed E-state index contributed by atoms with van der Waals surface area (Å²) in [5.41, 5.74) is 7.66. The molecule has 0 saturated heterocycles. The molecular weight excluding hydrogens is 408 g/mol. The van der Waals surface area contributed by atoms with E-state index in [-0.39, 0.29) is 12.8 Å². The third-order valence-electron chi connectivity index (χ3n) is 4.75. The molecule has 0 saturated carbocycles. The van der Waals surface area contributed by atoms with E-state index in [9.17, 15) is 14.7 Å². The Hall–Kier alpha value is -4.00. The van der Waals surface area contributed by atoms with Gasteiger partial charge >= 0.3 is 5.97 Å². The second-order valence-electron chi connectivity index (χ2n) is 7.25. The molecule has 0 heterocycles. The van der Waals surface area contributed by atoms with Crippen LogP contribution in [-0.2, 0) is 22.8 Å². The molecule has 3 aromatic rings. The van der Waals surface area contributed by atoms with Crippen LogP contribution in [0.5, 0.6) is 11.5 Å². The smallest absolute Gasteiger partial charge is 0.326 e. The first-order valence-electron chi connectivity index (χ1n) is 10.3. The van der Waals surface area contributed by atoms with Gasteiger partial charge in [-0.15, -0.1) is 0 Å². The number of hydrogen-bond donors (Lipinski definition) is 3. The number of anilines is 1. The Morgan fingerprint density at radius 1 is 0.875 bits per heavy atom. The number of amides is 1. The molecular formula is C25H26N2O5. The Labute approximate surface area is 186 Å². The fourth-order valence-corrected chi connectivity index (χ4v) is 3.04. The van der Waals surface area contributed by atoms with Gasteiger partial charge in [0.2, 0.25) is 5.91 Å². The van der Waals surface area contributed by atoms with Crippen molar-refractivity contribution in [1.82, 2.24) is 0 Å². The molecule has 166 valence electrons. The summed E-state index contributed by atoms with van der Waals surface area (Å²) in [6.45, 7) is 0.693. The van der Waals surface area contributed by atoms with Crippen molar-refractivity contribution in [2.24, 2.45) is 5.73 Å². The summed E-state index contributed by atoms with van der Waals surface area (Å²) < 4.78 is 11.9. The maximum absolute atomic E-state index is 11.7. The lowest BCUT2D eigenvalue weighted by molar-refractivity contribution is -0.138. The topological polar surface area (TPSA) is 111 Å². The van der Waals surface area contributed by atoms with Gasteiger partial charge in [-0.25, -0.2) is 4.79 Å². The Morgan fingerprint density at radius 3 is 2.03 bits per heavy atom. The van der Waals surface area contributed by atoms with Crippen LogP contribution in [0.15, 0.2) is 78.9 Å². The molecule has 3 aromatic carbocycles. The van der Waals surface area contributed by atoms with Gasteiger partial charge in [0.25, 0.3) is 0 Å². The molecule has 0 aliphatic carbocycles. The number of aliphatic carboxylic acids is 1. The van der Waals surface area contributed by atoms with E-state index >= 15 is 0 Å². The number of rotatable bonds is 12. The van der Waals surface area contributed by atoms with Crippen LogP contribution in [0.1, 0.15) is 24.0 Å². The molecule has 0 fully saturated rings. The Morgan fingerprint density at radius 2 is 1.47 bits per heavy atom. The third-order valence-corrected chi connectivity index (χ3v) is 4.75. The van der Waals surface area contributed by atoms with Gasteiger partial charge in [-0.05, 0) is 29.7 Å². The van der Waals surface area contributed by atoms with E-state index in [2.05, 4.69) is 5.32 Å². The van der Waals surface area contributed by atoms with Crippen LogP contribution >= 0.6 is 0 Å². The molecule has 32 heavy (non-hydrogen) atoms. The van der Waals surface area contributed by atoms with Crippen molar-refractivity contribution in [3.05, 3.63) is 90.0 Å². The molecule has 7 heteroatoms. The highest BCUT2D eigenvalue weighted by atomic mass is 16.5. The van der Waals surface area contributed by atoms with Gasteiger partial charge < -0.3 is 25.6 Å². The van der Waals surface area contributed by atoms with Crippen LogP contribution in [0.3, 0.4) is 0 Å². The van der Waals surface area contributed by atoms with Crippen molar-refractivity contribution in [3.63, 3.8) is 0 Å². The summed E-state index contributed by atoms with van der Waals surface area (Å²) in [6.07, 6.45) is 0.0253. The maximum Gasteiger partial charge on any atom is 0.326 e. The molecule has 0 radical (unpaired) electrons. The molecule has 0 aliphatic heterocycles. The Bertz CT molecular complexity index is 1030. The van der Waals surface area contributed by atoms with Crippen LogP contribution < -0.4 is 20.5 Å². The summed E-state index contributed by atoms with van der Waals surface area (Å²) in [6, 6.07) is 23.6. The fourth-order valence-electron chi connectivity index (χ4n) is 3.04. The van der Waals surface area contributed by atoms with E-state index in [4.69, 9.17) is 15.2 Å². The SMILES string of the molecule is NC(=O)CC[C@H](Nc1ccc(OCc2ccccc2)cc1OCc1ccccc1)C(=O)O. The lowest BCUT2D eigenvalue weighted by Crippen LogP contribution is -2.31. The van der Waals surface area contributed by atoms with Gasteiger partial charge in [-0.2, -0.15) is 0 Å². The molecule has 0 bridgehead atoms. The molecule has 4 N–H and O–H groups in total. The second-order valence-corrected chi connectivity index (χ2v) is 7.25. The standard InChI is InChI=1S/C25H26N2O5/c26-24(28)14-13-22(25(29)30)27-21-12-11-20(31-16-18-7-3-1-4-8-18)15-23(21)32-17-19-9-5-2-6-10-19/h1-12,15,22,27H,13-14,16-17H2,(H2,26,28)(H,29,30)/t22-/m0/s1. The molecule has 1 amide bonds. The Balaban J connectivity index is 1.78. The minimum absolute atomic E-state index is 0.0392. The highest BCUT2D eigenvalue weighted by Crippen LogP contribution is 2.31. The van der Waals surface area contributed by atoms with Crippen molar-refractivity contribution in [2.75, 3.05) is 5.32 Å². The van der Waals surface area contributed by atoms with Crippen molar-refractivity contribution in [3.8, 4) is 11.5 Å². The molecule has 0 spiro atoms. The van der Waals surface area contributed by atoms with E-state index in [0.717, 1.165) is 11.1 Å². The first kappa shape index (κ1) is 22.7. The van der Waals surface area contributed by atoms with Gasteiger partial charge in [0.05, 0.1) is 5.69 Å². The van der Waals surface area contributed by atoms with Crippen LogP contribution in [0.4, 0.5) is 5.69 Å². The van der Waals surface area contributed by atoms with E-state index in [1.807, 2.05) is 60.7 Å². The first-order valence-corrected chi connectivity index (χ1v) is 10.3. The van der Waals surface area contributed by atoms with E-state index in [1.54, 1.807) is 18.2 Å². The van der Waals surface area contributed by atoms with Gasteiger partial charge in [0.15, 0.2) is 0 Å². The van der Waals surface area contributed by atoms with Crippen molar-refractivity contribution in [1.29, 1.82) is 0 Å². The van der Waals surface area contributed by atoms with Gasteiger partial charge in [-0.1, -0.05) is 60.7 Å². The summed E-state index contributed by atoms with van der Waals surface area (Å²) in [5, 5.41) is 12.5. The lowest BCUT2D eigenvalue weighted by atomic mass is 10.1. The average molecular weight is 434 g/mol. The number of ether oxygens (including phenoxy) is 2. The summed E-state index contributed by atoms with van der Waals surface area (Å²) in [4.78, 5) is 22.8. The Kier molecular flexibility index (Phi) is 8.09. The molecule has 0 aliphatic rings. The van der Waals surface area contributed by atoms with Crippen LogP contribution in [0.25, 0.3) is 0 Å². The predicted octanol–water partition coefficient (Wildman–Crippen LogP) is 3.98. The van der Waals surface area contributed by atoms with Crippen LogP contribution in [0, 0.1) is 0 Å². The zero-order chi connectivity index (χ0) is 22.8. The minimum atomic E-state index is -1.08. The van der Waals surface area contributed by atoms with Gasteiger partial charge in [-0.3, -0.25) is 4.79 Å². The monoisotopic (exact) mass is 434 g/mol. The van der Waals surface area contributed by atoms with Gasteiger partial charge in [0, 0.05) is 12.5 Å². The number of carboxylic acids is 1. The maximum atomic E-state index is 11.7. The number of nitrogens with one attached hydrogen (secondary N) is 1. The van der Waals surface area contributed by atoms with E-state index in [0.29, 0.717) is 30.4 Å². The molecule has 3 rings (SSSR count). The number of carboxylic acid groups (broad SMARTS) is 1. The lowest BCUT2D eigenvalue weighted by Gasteiger charge is -2.19. The number of hydrogen-bond acceptors (Lipinski definition) is 5. The number of benzene rings is 3. The minimum Gasteiger partial charge on any atom is -0.489 e. The average Bonchev–Trinajstić information content (AvgIpc) is 2.80. The van der Waals surface area contributed by atoms with Crippen molar-refractivity contribution >= 4 is 17.6 Å². The highest BCUT2D eigenvalue weighted by Gasteiger charge is 2.20. The van der Waals surface area contributed by atoms with Crippen molar-refractivity contribution < 1.29 is 24.2 Å². The van der Waals surface area contributed by atoms with Crippen LogP contribution in [-0.4, -0.2) is 23.0 Å². The zero-order valence-electron chi connectivity index (χ0n) is 17.6. The number of carbonyl (C=O) groups is 2. The normalized spacial score (nSPS) is 11.4. The largest absolute Gasteiger partial charge is 0.489 e. The predicted molar refractivity (Wildman–Crippen MR) is 121 cm³/mol. The zero-order valence-corrected chi connectivity index (χ0v) is 17.6. The summed E-state index contributed by atoms with van der Waals surface area (Å²) in [5.74, 6) is -0.593. The fraction of sp³-hybridized carbons (Fsp3) is 0.200. The van der Waals surface area contributed by atoms with Crippen molar-refractivity contribution in [2.45, 2.75) is 32.1 Å². The van der Waals surface area contributed by atoms with Crippen LogP contribution in [0.2, 0.25) is 0 Å². The van der Waals surface area contributed by atoms with Gasteiger partial charge in [0.1, 0.15) is 30.8 Å². The number of carbonyl (C=O) groups excluding carboxylic acids is 1. The molecule has 7 nitrogen and oxygen atoms in total. The molecule has 0 unspecified atom stereocenters. The first-order chi connectivity index (χ1) is 15.5.